The van der Waals surface area contributed by atoms with Crippen molar-refractivity contribution in [2.45, 2.75) is 46.1 Å². The van der Waals surface area contributed by atoms with Gasteiger partial charge in [-0.2, -0.15) is 0 Å². The van der Waals surface area contributed by atoms with Crippen LogP contribution in [0.15, 0.2) is 0 Å². The molecule has 15 heavy (non-hydrogen) atoms. The zero-order valence-corrected chi connectivity index (χ0v) is 10.3. The Kier molecular flexibility index (Phi) is 5.09. The van der Waals surface area contributed by atoms with Crippen LogP contribution >= 0.6 is 0 Å². The summed E-state index contributed by atoms with van der Waals surface area (Å²) in [6, 6.07) is 0.437. The van der Waals surface area contributed by atoms with Gasteiger partial charge in [0.05, 0.1) is 0 Å². The van der Waals surface area contributed by atoms with Crippen LogP contribution in [0.1, 0.15) is 40.0 Å². The largest absolute Gasteiger partial charge is 0.339 e. The highest BCUT2D eigenvalue weighted by molar-refractivity contribution is 5.76. The summed E-state index contributed by atoms with van der Waals surface area (Å²) in [5.41, 5.74) is 0. The molecule has 1 N–H and O–H groups in total. The van der Waals surface area contributed by atoms with Gasteiger partial charge in [-0.05, 0) is 25.8 Å². The summed E-state index contributed by atoms with van der Waals surface area (Å²) in [6.45, 7) is 9.25. The van der Waals surface area contributed by atoms with Crippen molar-refractivity contribution in [2.75, 3.05) is 19.6 Å². The molecule has 3 heteroatoms. The summed E-state index contributed by atoms with van der Waals surface area (Å²) in [5.74, 6) is 0.849. The zero-order valence-electron chi connectivity index (χ0n) is 10.3. The minimum Gasteiger partial charge on any atom is -0.339 e. The molecule has 0 aromatic carbocycles. The molecule has 0 spiro atoms. The van der Waals surface area contributed by atoms with E-state index in [9.17, 15) is 4.79 Å². The molecule has 1 heterocycles. The van der Waals surface area contributed by atoms with E-state index in [0.29, 0.717) is 24.3 Å². The third-order valence-electron chi connectivity index (χ3n) is 3.36. The van der Waals surface area contributed by atoms with Gasteiger partial charge in [-0.25, -0.2) is 0 Å². The second kappa shape index (κ2) is 6.11. The minimum absolute atomic E-state index is 0.334. The van der Waals surface area contributed by atoms with Gasteiger partial charge in [0.15, 0.2) is 0 Å². The Hall–Kier alpha value is -0.570. The number of nitrogens with zero attached hydrogens (tertiary/aromatic N) is 1. The van der Waals surface area contributed by atoms with Crippen LogP contribution in [0.2, 0.25) is 0 Å². The van der Waals surface area contributed by atoms with Gasteiger partial charge in [-0.3, -0.25) is 4.79 Å². The minimum atomic E-state index is 0.334. The first kappa shape index (κ1) is 12.5. The first-order valence-electron chi connectivity index (χ1n) is 6.19. The van der Waals surface area contributed by atoms with Crippen molar-refractivity contribution in [1.29, 1.82) is 0 Å². The number of rotatable bonds is 5. The molecule has 0 radical (unpaired) electrons. The van der Waals surface area contributed by atoms with Crippen molar-refractivity contribution in [3.05, 3.63) is 0 Å². The fourth-order valence-corrected chi connectivity index (χ4v) is 2.10. The van der Waals surface area contributed by atoms with E-state index in [4.69, 9.17) is 0 Å². The van der Waals surface area contributed by atoms with Crippen molar-refractivity contribution < 1.29 is 4.79 Å². The molecule has 1 saturated heterocycles. The summed E-state index contributed by atoms with van der Waals surface area (Å²) in [6.07, 6.45) is 2.91. The molecule has 0 aromatic heterocycles. The fourth-order valence-electron chi connectivity index (χ4n) is 2.10. The summed E-state index contributed by atoms with van der Waals surface area (Å²) in [5, 5.41) is 3.32. The maximum Gasteiger partial charge on any atom is 0.223 e. The van der Waals surface area contributed by atoms with Crippen molar-refractivity contribution in [2.24, 2.45) is 5.92 Å². The molecule has 1 fully saturated rings. The fraction of sp³-hybridized carbons (Fsp3) is 0.917. The van der Waals surface area contributed by atoms with Gasteiger partial charge >= 0.3 is 0 Å². The monoisotopic (exact) mass is 212 g/mol. The molecular weight excluding hydrogens is 188 g/mol. The summed E-state index contributed by atoms with van der Waals surface area (Å²) < 4.78 is 0. The zero-order chi connectivity index (χ0) is 11.3. The number of hydrogen-bond acceptors (Lipinski definition) is 2. The van der Waals surface area contributed by atoms with Crippen LogP contribution in [0.4, 0.5) is 0 Å². The van der Waals surface area contributed by atoms with E-state index in [1.807, 2.05) is 4.90 Å². The molecule has 0 saturated carbocycles. The lowest BCUT2D eigenvalue weighted by Gasteiger charge is -2.28. The van der Waals surface area contributed by atoms with Crippen LogP contribution in [-0.4, -0.2) is 36.5 Å². The molecule has 1 aliphatic rings. The standard InChI is InChI=1S/C12H24N2O/c1-4-10(3)8-12(15)14(5-2)11-6-7-13-9-11/h10-11,13H,4-9H2,1-3H3. The molecule has 0 bridgehead atoms. The topological polar surface area (TPSA) is 32.3 Å². The van der Waals surface area contributed by atoms with Gasteiger partial charge in [0.1, 0.15) is 0 Å². The molecule has 0 aromatic rings. The van der Waals surface area contributed by atoms with E-state index in [1.165, 1.54) is 0 Å². The molecule has 2 atom stereocenters. The smallest absolute Gasteiger partial charge is 0.223 e. The maximum absolute atomic E-state index is 12.0. The Balaban J connectivity index is 2.45. The van der Waals surface area contributed by atoms with Crippen LogP contribution in [-0.2, 0) is 4.79 Å². The molecule has 0 aliphatic carbocycles. The third kappa shape index (κ3) is 3.49. The van der Waals surface area contributed by atoms with Crippen molar-refractivity contribution in [3.8, 4) is 0 Å². The first-order valence-corrected chi connectivity index (χ1v) is 6.19. The highest BCUT2D eigenvalue weighted by Crippen LogP contribution is 2.14. The van der Waals surface area contributed by atoms with Gasteiger partial charge in [0.2, 0.25) is 5.91 Å². The molecule has 2 unspecified atom stereocenters. The lowest BCUT2D eigenvalue weighted by Crippen LogP contribution is -2.41. The highest BCUT2D eigenvalue weighted by Gasteiger charge is 2.25. The van der Waals surface area contributed by atoms with E-state index >= 15 is 0 Å². The Morgan fingerprint density at radius 1 is 1.53 bits per heavy atom. The van der Waals surface area contributed by atoms with Crippen LogP contribution in [0.3, 0.4) is 0 Å². The second-order valence-corrected chi connectivity index (χ2v) is 4.54. The third-order valence-corrected chi connectivity index (χ3v) is 3.36. The van der Waals surface area contributed by atoms with Gasteiger partial charge < -0.3 is 10.2 Å². The quantitative estimate of drug-likeness (QED) is 0.751. The van der Waals surface area contributed by atoms with E-state index in [-0.39, 0.29) is 0 Å². The highest BCUT2D eigenvalue weighted by atomic mass is 16.2. The number of hydrogen-bond donors (Lipinski definition) is 1. The molecule has 88 valence electrons. The normalized spacial score (nSPS) is 22.7. The predicted molar refractivity (Wildman–Crippen MR) is 62.7 cm³/mol. The Morgan fingerprint density at radius 2 is 2.27 bits per heavy atom. The molecule has 3 nitrogen and oxygen atoms in total. The average Bonchev–Trinajstić information content (AvgIpc) is 2.72. The van der Waals surface area contributed by atoms with Crippen LogP contribution in [0, 0.1) is 5.92 Å². The van der Waals surface area contributed by atoms with E-state index in [0.717, 1.165) is 32.5 Å². The first-order chi connectivity index (χ1) is 7.19. The van der Waals surface area contributed by atoms with E-state index < -0.39 is 0 Å². The number of nitrogens with one attached hydrogen (secondary N) is 1. The van der Waals surface area contributed by atoms with E-state index in [2.05, 4.69) is 26.1 Å². The maximum atomic E-state index is 12.0. The molecule has 1 rings (SSSR count). The van der Waals surface area contributed by atoms with Gasteiger partial charge in [-0.15, -0.1) is 0 Å². The Morgan fingerprint density at radius 3 is 2.73 bits per heavy atom. The average molecular weight is 212 g/mol. The van der Waals surface area contributed by atoms with Crippen molar-refractivity contribution in [1.82, 2.24) is 10.2 Å². The number of amides is 1. The van der Waals surface area contributed by atoms with Crippen molar-refractivity contribution in [3.63, 3.8) is 0 Å². The number of likely N-dealkylation sites (N-methyl/N-ethyl adjacent to an activating group) is 1. The number of carbonyl (C=O) groups is 1. The second-order valence-electron chi connectivity index (χ2n) is 4.54. The van der Waals surface area contributed by atoms with Crippen molar-refractivity contribution >= 4 is 5.91 Å². The molecule has 1 amide bonds. The summed E-state index contributed by atoms with van der Waals surface area (Å²) >= 11 is 0. The molecule has 1 aliphatic heterocycles. The Labute approximate surface area is 93.2 Å². The molecular formula is C12H24N2O. The SMILES string of the molecule is CCC(C)CC(=O)N(CC)C1CCNC1. The van der Waals surface area contributed by atoms with Crippen LogP contribution in [0.25, 0.3) is 0 Å². The summed E-state index contributed by atoms with van der Waals surface area (Å²) in [7, 11) is 0. The van der Waals surface area contributed by atoms with E-state index in [1.54, 1.807) is 0 Å². The lowest BCUT2D eigenvalue weighted by atomic mass is 10.0. The van der Waals surface area contributed by atoms with Crippen LogP contribution in [0.5, 0.6) is 0 Å². The summed E-state index contributed by atoms with van der Waals surface area (Å²) in [4.78, 5) is 14.1. The van der Waals surface area contributed by atoms with Gasteiger partial charge in [0.25, 0.3) is 0 Å². The van der Waals surface area contributed by atoms with Crippen LogP contribution < -0.4 is 5.32 Å². The predicted octanol–water partition coefficient (Wildman–Crippen LogP) is 1.63. The van der Waals surface area contributed by atoms with Gasteiger partial charge in [0, 0.05) is 25.6 Å². The van der Waals surface area contributed by atoms with Gasteiger partial charge in [-0.1, -0.05) is 20.3 Å². The Bertz CT molecular complexity index is 200. The number of carbonyl (C=O) groups excluding carboxylic acids is 1. The lowest BCUT2D eigenvalue weighted by molar-refractivity contribution is -0.133.